The van der Waals surface area contributed by atoms with Gasteiger partial charge in [-0.25, -0.2) is 4.98 Å². The average Bonchev–Trinajstić information content (AvgIpc) is 2.36. The van der Waals surface area contributed by atoms with Gasteiger partial charge in [-0.05, 0) is 43.2 Å². The van der Waals surface area contributed by atoms with Crippen molar-refractivity contribution in [3.8, 4) is 0 Å². The average molecular weight is 289 g/mol. The Bertz CT molecular complexity index is 639. The molecule has 0 amide bonds. The number of thioether (sulfide) groups is 1. The summed E-state index contributed by atoms with van der Waals surface area (Å²) in [5, 5.41) is 11.7. The maximum absolute atomic E-state index is 10.8. The van der Waals surface area contributed by atoms with Crippen molar-refractivity contribution in [2.24, 2.45) is 0 Å². The zero-order valence-corrected chi connectivity index (χ0v) is 12.1. The van der Waals surface area contributed by atoms with Gasteiger partial charge in [0.05, 0.1) is 9.95 Å². The molecular formula is C14H15N3O2S. The smallest absolute Gasteiger partial charge is 0.269 e. The summed E-state index contributed by atoms with van der Waals surface area (Å²) in [5.74, 6) is 0.559. The van der Waals surface area contributed by atoms with Crippen LogP contribution in [0.4, 0.5) is 11.4 Å². The molecule has 2 rings (SSSR count). The number of nitrogens with zero attached hydrogens (tertiary/aromatic N) is 2. The van der Waals surface area contributed by atoms with Crippen molar-refractivity contribution in [3.63, 3.8) is 0 Å². The predicted octanol–water partition coefficient (Wildman–Crippen LogP) is 3.48. The Labute approximate surface area is 121 Å². The van der Waals surface area contributed by atoms with Gasteiger partial charge < -0.3 is 5.73 Å². The minimum Gasteiger partial charge on any atom is -0.398 e. The summed E-state index contributed by atoms with van der Waals surface area (Å²) in [6, 6.07) is 8.50. The van der Waals surface area contributed by atoms with Gasteiger partial charge in [-0.15, -0.1) is 11.8 Å². The van der Waals surface area contributed by atoms with E-state index in [-0.39, 0.29) is 5.69 Å². The number of hydrogen-bond donors (Lipinski definition) is 1. The zero-order chi connectivity index (χ0) is 14.7. The fourth-order valence-corrected chi connectivity index (χ4v) is 2.89. The van der Waals surface area contributed by atoms with Gasteiger partial charge in [0.25, 0.3) is 5.69 Å². The Balaban J connectivity index is 2.18. The first-order valence-corrected chi connectivity index (χ1v) is 7.05. The predicted molar refractivity (Wildman–Crippen MR) is 80.8 cm³/mol. The van der Waals surface area contributed by atoms with Gasteiger partial charge in [0.15, 0.2) is 0 Å². The van der Waals surface area contributed by atoms with Crippen LogP contribution in [0, 0.1) is 24.0 Å². The highest BCUT2D eigenvalue weighted by atomic mass is 32.2. The minimum atomic E-state index is -0.414. The minimum absolute atomic E-state index is 0.0585. The van der Waals surface area contributed by atoms with Crippen LogP contribution in [0.1, 0.15) is 16.8 Å². The Hall–Kier alpha value is -2.08. The molecule has 0 fully saturated rings. The molecule has 2 aromatic rings. The molecule has 0 aliphatic carbocycles. The SMILES string of the molecule is Cc1cc(C)nc(SCc2cc([N+](=O)[O-])ccc2N)c1. The highest BCUT2D eigenvalue weighted by Crippen LogP contribution is 2.27. The highest BCUT2D eigenvalue weighted by Gasteiger charge is 2.10. The molecule has 0 radical (unpaired) electrons. The van der Waals surface area contributed by atoms with E-state index in [0.29, 0.717) is 11.4 Å². The van der Waals surface area contributed by atoms with Crippen LogP contribution in [-0.2, 0) is 5.75 Å². The second kappa shape index (κ2) is 5.92. The van der Waals surface area contributed by atoms with Crippen molar-refractivity contribution >= 4 is 23.1 Å². The number of anilines is 1. The van der Waals surface area contributed by atoms with Crippen molar-refractivity contribution in [2.75, 3.05) is 5.73 Å². The van der Waals surface area contributed by atoms with Crippen molar-refractivity contribution in [1.29, 1.82) is 0 Å². The van der Waals surface area contributed by atoms with Crippen molar-refractivity contribution in [1.82, 2.24) is 4.98 Å². The molecule has 0 bridgehead atoms. The van der Waals surface area contributed by atoms with Crippen LogP contribution < -0.4 is 5.73 Å². The number of pyridine rings is 1. The van der Waals surface area contributed by atoms with Gasteiger partial charge in [-0.1, -0.05) is 0 Å². The maximum Gasteiger partial charge on any atom is 0.269 e. The summed E-state index contributed by atoms with van der Waals surface area (Å²) in [6.45, 7) is 3.96. The lowest BCUT2D eigenvalue weighted by atomic mass is 10.2. The lowest BCUT2D eigenvalue weighted by Gasteiger charge is -2.06. The molecule has 0 atom stereocenters. The van der Waals surface area contributed by atoms with Gasteiger partial charge in [0, 0.05) is 29.3 Å². The molecule has 104 valence electrons. The number of non-ortho nitro benzene ring substituents is 1. The van der Waals surface area contributed by atoms with Crippen LogP contribution in [0.2, 0.25) is 0 Å². The highest BCUT2D eigenvalue weighted by molar-refractivity contribution is 7.98. The van der Waals surface area contributed by atoms with Gasteiger partial charge in [0.2, 0.25) is 0 Å². The van der Waals surface area contributed by atoms with Gasteiger partial charge in [0.1, 0.15) is 0 Å². The standard InChI is InChI=1S/C14H15N3O2S/c1-9-5-10(2)16-14(6-9)20-8-11-7-12(17(18)19)3-4-13(11)15/h3-7H,8,15H2,1-2H3. The van der Waals surface area contributed by atoms with E-state index in [1.165, 1.54) is 23.9 Å². The fraction of sp³-hybridized carbons (Fsp3) is 0.214. The Kier molecular flexibility index (Phi) is 4.24. The molecule has 0 spiro atoms. The van der Waals surface area contributed by atoms with E-state index in [1.54, 1.807) is 6.07 Å². The normalized spacial score (nSPS) is 10.5. The van der Waals surface area contributed by atoms with Gasteiger partial charge in [-0.2, -0.15) is 0 Å². The van der Waals surface area contributed by atoms with E-state index in [9.17, 15) is 10.1 Å². The molecule has 0 unspecified atom stereocenters. The van der Waals surface area contributed by atoms with Crippen LogP contribution in [0.25, 0.3) is 0 Å². The quantitative estimate of drug-likeness (QED) is 0.403. The summed E-state index contributed by atoms with van der Waals surface area (Å²) in [6.07, 6.45) is 0. The maximum atomic E-state index is 10.8. The lowest BCUT2D eigenvalue weighted by Crippen LogP contribution is -1.96. The van der Waals surface area contributed by atoms with E-state index >= 15 is 0 Å². The molecule has 0 aliphatic heterocycles. The number of nitrogen functional groups attached to an aromatic ring is 1. The number of nitro groups is 1. The molecule has 6 heteroatoms. The summed E-state index contributed by atoms with van der Waals surface area (Å²) in [4.78, 5) is 14.8. The molecule has 1 aromatic carbocycles. The summed E-state index contributed by atoms with van der Waals surface area (Å²) in [5.41, 5.74) is 9.34. The van der Waals surface area contributed by atoms with Gasteiger partial charge in [-0.3, -0.25) is 10.1 Å². The van der Waals surface area contributed by atoms with Crippen molar-refractivity contribution < 1.29 is 4.92 Å². The molecule has 0 aliphatic rings. The number of nitrogens with two attached hydrogens (primary N) is 1. The third-order valence-corrected chi connectivity index (χ3v) is 3.75. The third-order valence-electron chi connectivity index (χ3n) is 2.79. The van der Waals surface area contributed by atoms with E-state index in [4.69, 9.17) is 5.73 Å². The first kappa shape index (κ1) is 14.3. The Morgan fingerprint density at radius 3 is 2.70 bits per heavy atom. The number of aryl methyl sites for hydroxylation is 2. The number of rotatable bonds is 4. The topological polar surface area (TPSA) is 82.0 Å². The number of aromatic nitrogens is 1. The van der Waals surface area contributed by atoms with Crippen molar-refractivity contribution in [2.45, 2.75) is 24.6 Å². The number of hydrogen-bond acceptors (Lipinski definition) is 5. The molecule has 1 aromatic heterocycles. The zero-order valence-electron chi connectivity index (χ0n) is 11.3. The van der Waals surface area contributed by atoms with Crippen LogP contribution in [0.3, 0.4) is 0 Å². The fourth-order valence-electron chi connectivity index (χ4n) is 1.86. The largest absolute Gasteiger partial charge is 0.398 e. The molecular weight excluding hydrogens is 274 g/mol. The van der Waals surface area contributed by atoms with Crippen LogP contribution in [0.5, 0.6) is 0 Å². The molecule has 2 N–H and O–H groups in total. The van der Waals surface area contributed by atoms with E-state index in [0.717, 1.165) is 21.8 Å². The Morgan fingerprint density at radius 1 is 1.30 bits per heavy atom. The van der Waals surface area contributed by atoms with Crippen LogP contribution in [-0.4, -0.2) is 9.91 Å². The molecule has 1 heterocycles. The lowest BCUT2D eigenvalue weighted by molar-refractivity contribution is -0.384. The second-order valence-corrected chi connectivity index (χ2v) is 5.55. The number of benzene rings is 1. The monoisotopic (exact) mass is 289 g/mol. The first-order valence-electron chi connectivity index (χ1n) is 6.06. The molecule has 0 saturated heterocycles. The number of nitro benzene ring substituents is 1. The summed E-state index contributed by atoms with van der Waals surface area (Å²) in [7, 11) is 0. The second-order valence-electron chi connectivity index (χ2n) is 4.55. The molecule has 5 nitrogen and oxygen atoms in total. The van der Waals surface area contributed by atoms with E-state index < -0.39 is 4.92 Å². The van der Waals surface area contributed by atoms with E-state index in [1.807, 2.05) is 26.0 Å². The van der Waals surface area contributed by atoms with Crippen LogP contribution in [0.15, 0.2) is 35.4 Å². The van der Waals surface area contributed by atoms with E-state index in [2.05, 4.69) is 4.98 Å². The van der Waals surface area contributed by atoms with Crippen molar-refractivity contribution in [3.05, 3.63) is 57.3 Å². The first-order chi connectivity index (χ1) is 9.45. The summed E-state index contributed by atoms with van der Waals surface area (Å²) >= 11 is 1.52. The van der Waals surface area contributed by atoms with Crippen LogP contribution >= 0.6 is 11.8 Å². The Morgan fingerprint density at radius 2 is 2.05 bits per heavy atom. The molecule has 0 saturated carbocycles. The third kappa shape index (κ3) is 3.48. The van der Waals surface area contributed by atoms with Gasteiger partial charge >= 0.3 is 0 Å². The molecule has 20 heavy (non-hydrogen) atoms. The summed E-state index contributed by atoms with van der Waals surface area (Å²) < 4.78 is 0.